The number of anilines is 2. The summed E-state index contributed by atoms with van der Waals surface area (Å²) in [6.45, 7) is 2.21. The molecule has 0 radical (unpaired) electrons. The Morgan fingerprint density at radius 2 is 2.50 bits per heavy atom. The molecular formula is C8H16N6. The Kier molecular flexibility index (Phi) is 2.53. The number of likely N-dealkylation sites (N-methyl/N-ethyl adjacent to an activating group) is 1. The highest BCUT2D eigenvalue weighted by atomic mass is 15.3. The summed E-state index contributed by atoms with van der Waals surface area (Å²) in [6.07, 6.45) is 2.38. The van der Waals surface area contributed by atoms with Crippen LogP contribution in [0.5, 0.6) is 0 Å². The smallest absolute Gasteiger partial charge is 0.243 e. The minimum atomic E-state index is 0.358. The minimum absolute atomic E-state index is 0.358. The van der Waals surface area contributed by atoms with Crippen molar-refractivity contribution in [2.24, 2.45) is 0 Å². The monoisotopic (exact) mass is 196 g/mol. The van der Waals surface area contributed by atoms with E-state index in [4.69, 9.17) is 5.73 Å². The number of rotatable bonds is 2. The Bertz CT molecular complexity index is 296. The minimum Gasteiger partial charge on any atom is -0.368 e. The summed E-state index contributed by atoms with van der Waals surface area (Å²) in [5, 5.41) is 9.81. The molecule has 0 aliphatic carbocycles. The fourth-order valence-electron chi connectivity index (χ4n) is 1.81. The van der Waals surface area contributed by atoms with Gasteiger partial charge in [0.25, 0.3) is 0 Å². The van der Waals surface area contributed by atoms with Crippen LogP contribution in [-0.2, 0) is 0 Å². The van der Waals surface area contributed by atoms with E-state index in [0.29, 0.717) is 17.9 Å². The van der Waals surface area contributed by atoms with E-state index in [0.717, 1.165) is 6.54 Å². The van der Waals surface area contributed by atoms with Crippen LogP contribution in [0.1, 0.15) is 12.8 Å². The lowest BCUT2D eigenvalue weighted by atomic mass is 10.1. The van der Waals surface area contributed by atoms with E-state index in [1.54, 1.807) is 0 Å². The predicted molar refractivity (Wildman–Crippen MR) is 54.9 cm³/mol. The van der Waals surface area contributed by atoms with Crippen LogP contribution in [0.2, 0.25) is 0 Å². The molecule has 0 spiro atoms. The lowest BCUT2D eigenvalue weighted by Gasteiger charge is -2.29. The summed E-state index contributed by atoms with van der Waals surface area (Å²) in [7, 11) is 2.13. The normalized spacial score (nSPS) is 23.6. The van der Waals surface area contributed by atoms with Crippen molar-refractivity contribution in [3.63, 3.8) is 0 Å². The fourth-order valence-corrected chi connectivity index (χ4v) is 1.81. The molecule has 6 nitrogen and oxygen atoms in total. The second-order valence-corrected chi connectivity index (χ2v) is 3.79. The van der Waals surface area contributed by atoms with Crippen LogP contribution in [0, 0.1) is 0 Å². The van der Waals surface area contributed by atoms with E-state index in [2.05, 4.69) is 32.4 Å². The third-order valence-corrected chi connectivity index (χ3v) is 2.46. The zero-order valence-corrected chi connectivity index (χ0v) is 8.32. The van der Waals surface area contributed by atoms with Crippen molar-refractivity contribution in [2.75, 3.05) is 31.2 Å². The largest absolute Gasteiger partial charge is 0.368 e. The van der Waals surface area contributed by atoms with Crippen molar-refractivity contribution in [1.29, 1.82) is 0 Å². The van der Waals surface area contributed by atoms with Crippen LogP contribution < -0.4 is 11.1 Å². The molecule has 14 heavy (non-hydrogen) atoms. The molecule has 1 atom stereocenters. The average Bonchev–Trinajstić information content (AvgIpc) is 2.51. The molecule has 2 rings (SSSR count). The van der Waals surface area contributed by atoms with Crippen molar-refractivity contribution in [1.82, 2.24) is 20.1 Å². The van der Waals surface area contributed by atoms with Gasteiger partial charge in [-0.2, -0.15) is 4.98 Å². The van der Waals surface area contributed by atoms with E-state index >= 15 is 0 Å². The van der Waals surface area contributed by atoms with Crippen molar-refractivity contribution < 1.29 is 0 Å². The van der Waals surface area contributed by atoms with Gasteiger partial charge in [-0.25, -0.2) is 5.10 Å². The number of likely N-dealkylation sites (tertiary alicyclic amines) is 1. The van der Waals surface area contributed by atoms with Crippen molar-refractivity contribution in [3.05, 3.63) is 0 Å². The molecule has 78 valence electrons. The van der Waals surface area contributed by atoms with E-state index < -0.39 is 0 Å². The van der Waals surface area contributed by atoms with E-state index in [1.165, 1.54) is 19.4 Å². The standard InChI is InChI=1S/C8H16N6/c1-14-4-2-3-6(5-14)10-8-11-7(9)12-13-8/h6H,2-5H2,1H3,(H4,9,10,11,12,13). The quantitative estimate of drug-likeness (QED) is 0.615. The van der Waals surface area contributed by atoms with Gasteiger partial charge in [0.2, 0.25) is 11.9 Å². The number of hydrogen-bond acceptors (Lipinski definition) is 5. The zero-order chi connectivity index (χ0) is 9.97. The molecule has 0 aromatic carbocycles. The Hall–Kier alpha value is -1.30. The molecule has 1 aromatic rings. The molecule has 1 fully saturated rings. The maximum atomic E-state index is 5.43. The number of hydrogen-bond donors (Lipinski definition) is 3. The molecule has 1 aliphatic rings. The van der Waals surface area contributed by atoms with Crippen molar-refractivity contribution in [3.8, 4) is 0 Å². The number of piperidine rings is 1. The van der Waals surface area contributed by atoms with Crippen LogP contribution in [0.15, 0.2) is 0 Å². The lowest BCUT2D eigenvalue weighted by Crippen LogP contribution is -2.39. The predicted octanol–water partition coefficient (Wildman–Crippen LogP) is -0.107. The maximum absolute atomic E-state index is 5.43. The second kappa shape index (κ2) is 3.83. The highest BCUT2D eigenvalue weighted by molar-refractivity contribution is 5.31. The zero-order valence-electron chi connectivity index (χ0n) is 8.32. The van der Waals surface area contributed by atoms with Gasteiger partial charge in [0.1, 0.15) is 0 Å². The summed E-state index contributed by atoms with van der Waals surface area (Å²) < 4.78 is 0. The van der Waals surface area contributed by atoms with Crippen molar-refractivity contribution in [2.45, 2.75) is 18.9 Å². The Morgan fingerprint density at radius 1 is 1.64 bits per heavy atom. The topological polar surface area (TPSA) is 82.9 Å². The number of aromatic nitrogens is 3. The first-order chi connectivity index (χ1) is 6.74. The first-order valence-corrected chi connectivity index (χ1v) is 4.87. The van der Waals surface area contributed by atoms with Crippen LogP contribution in [-0.4, -0.2) is 46.3 Å². The number of aromatic amines is 1. The number of H-pyrrole nitrogens is 1. The molecule has 1 aromatic heterocycles. The average molecular weight is 196 g/mol. The highest BCUT2D eigenvalue weighted by Gasteiger charge is 2.17. The number of nitrogens with zero attached hydrogens (tertiary/aromatic N) is 3. The van der Waals surface area contributed by atoms with E-state index in [9.17, 15) is 0 Å². The molecule has 4 N–H and O–H groups in total. The molecule has 6 heteroatoms. The van der Waals surface area contributed by atoms with Crippen LogP contribution in [0.25, 0.3) is 0 Å². The summed E-state index contributed by atoms with van der Waals surface area (Å²) >= 11 is 0. The van der Waals surface area contributed by atoms with Crippen molar-refractivity contribution >= 4 is 11.9 Å². The Labute approximate surface area is 82.9 Å². The van der Waals surface area contributed by atoms with Gasteiger partial charge >= 0.3 is 0 Å². The van der Waals surface area contributed by atoms with Gasteiger partial charge < -0.3 is 16.0 Å². The van der Waals surface area contributed by atoms with Crippen LogP contribution >= 0.6 is 0 Å². The highest BCUT2D eigenvalue weighted by Crippen LogP contribution is 2.12. The lowest BCUT2D eigenvalue weighted by molar-refractivity contribution is 0.260. The van der Waals surface area contributed by atoms with Gasteiger partial charge in [-0.1, -0.05) is 0 Å². The molecular weight excluding hydrogens is 180 g/mol. The third-order valence-electron chi connectivity index (χ3n) is 2.46. The first-order valence-electron chi connectivity index (χ1n) is 4.87. The van der Waals surface area contributed by atoms with Gasteiger partial charge in [0, 0.05) is 12.6 Å². The summed E-state index contributed by atoms with van der Waals surface area (Å²) in [5.74, 6) is 0.958. The van der Waals surface area contributed by atoms with Gasteiger partial charge in [-0.3, -0.25) is 0 Å². The van der Waals surface area contributed by atoms with E-state index in [1.807, 2.05) is 0 Å². The second-order valence-electron chi connectivity index (χ2n) is 3.79. The first kappa shape index (κ1) is 9.26. The maximum Gasteiger partial charge on any atom is 0.243 e. The molecule has 0 bridgehead atoms. The van der Waals surface area contributed by atoms with Gasteiger partial charge in [0.05, 0.1) is 0 Å². The summed E-state index contributed by atoms with van der Waals surface area (Å²) in [5.41, 5.74) is 5.43. The SMILES string of the molecule is CN1CCCC(Nc2n[nH]c(N)n2)C1. The Morgan fingerprint density at radius 3 is 3.14 bits per heavy atom. The summed E-state index contributed by atoms with van der Waals surface area (Å²) in [4.78, 5) is 6.31. The van der Waals surface area contributed by atoms with Gasteiger partial charge in [0.15, 0.2) is 0 Å². The molecule has 0 saturated carbocycles. The molecule has 0 amide bonds. The molecule has 1 aliphatic heterocycles. The molecule has 1 unspecified atom stereocenters. The fraction of sp³-hybridized carbons (Fsp3) is 0.750. The Balaban J connectivity index is 1.90. The van der Waals surface area contributed by atoms with Crippen LogP contribution in [0.3, 0.4) is 0 Å². The number of nitrogens with one attached hydrogen (secondary N) is 2. The molecule has 1 saturated heterocycles. The molecule has 2 heterocycles. The van der Waals surface area contributed by atoms with Gasteiger partial charge in [-0.05, 0) is 26.4 Å². The number of nitrogen functional groups attached to an aromatic ring is 1. The third kappa shape index (κ3) is 2.14. The van der Waals surface area contributed by atoms with Crippen LogP contribution in [0.4, 0.5) is 11.9 Å². The van der Waals surface area contributed by atoms with Gasteiger partial charge in [-0.15, -0.1) is 5.10 Å². The van der Waals surface area contributed by atoms with E-state index in [-0.39, 0.29) is 0 Å². The summed E-state index contributed by atoms with van der Waals surface area (Å²) in [6, 6.07) is 0.434. The number of nitrogens with two attached hydrogens (primary N) is 1.